The monoisotopic (exact) mass is 380 g/mol. The molecule has 2 aliphatic rings. The summed E-state index contributed by atoms with van der Waals surface area (Å²) in [4.78, 5) is 12.1. The molecule has 2 N–H and O–H groups in total. The van der Waals surface area contributed by atoms with E-state index in [1.807, 2.05) is 0 Å². The third kappa shape index (κ3) is 3.86. The second kappa shape index (κ2) is 7.36. The molecule has 5 nitrogen and oxygen atoms in total. The Kier molecular flexibility index (Phi) is 5.04. The largest absolute Gasteiger partial charge is 0.394 e. The molecule has 1 aliphatic carbocycles. The number of fused-ring (bicyclic) bond motifs is 1. The summed E-state index contributed by atoms with van der Waals surface area (Å²) in [7, 11) is 0. The van der Waals surface area contributed by atoms with Gasteiger partial charge in [-0.15, -0.1) is 0 Å². The molecule has 1 atom stereocenters. The van der Waals surface area contributed by atoms with Crippen molar-refractivity contribution in [3.05, 3.63) is 47.3 Å². The maximum atomic E-state index is 9.73. The number of rotatable bonds is 6. The standard InChI is InChI=1S/C23H32N4O/c1-15(2)19(13-28)24-20-11-21(26-22(25-20)16-9-10-16)27-12-17-7-5-6-8-18(17)23(3,4)14-27/h5-8,11,15-16,19,28H,9-10,12-14H2,1-4H3,(H,24,25,26)/t19-/m1/s1. The first-order valence-corrected chi connectivity index (χ1v) is 10.5. The van der Waals surface area contributed by atoms with E-state index in [0.29, 0.717) is 11.8 Å². The van der Waals surface area contributed by atoms with Crippen molar-refractivity contribution < 1.29 is 5.11 Å². The summed E-state index contributed by atoms with van der Waals surface area (Å²) in [6.07, 6.45) is 2.34. The van der Waals surface area contributed by atoms with E-state index >= 15 is 0 Å². The van der Waals surface area contributed by atoms with Crippen LogP contribution in [0.1, 0.15) is 63.4 Å². The minimum atomic E-state index is -0.00618. The van der Waals surface area contributed by atoms with Crippen molar-refractivity contribution in [3.8, 4) is 0 Å². The van der Waals surface area contributed by atoms with E-state index in [1.54, 1.807) is 0 Å². The van der Waals surface area contributed by atoms with Crippen molar-refractivity contribution in [2.45, 2.75) is 64.5 Å². The number of anilines is 2. The molecule has 0 spiro atoms. The van der Waals surface area contributed by atoms with Crippen LogP contribution < -0.4 is 10.2 Å². The van der Waals surface area contributed by atoms with Crippen molar-refractivity contribution in [2.24, 2.45) is 5.92 Å². The predicted molar refractivity (Wildman–Crippen MR) is 114 cm³/mol. The molecule has 4 rings (SSSR count). The summed E-state index contributed by atoms with van der Waals surface area (Å²) in [5.74, 6) is 3.57. The fourth-order valence-corrected chi connectivity index (χ4v) is 4.13. The average molecular weight is 381 g/mol. The second-order valence-corrected chi connectivity index (χ2v) is 9.32. The molecular weight excluding hydrogens is 348 g/mol. The Labute approximate surface area is 168 Å². The number of aliphatic hydroxyl groups is 1. The Morgan fingerprint density at radius 1 is 1.21 bits per heavy atom. The maximum Gasteiger partial charge on any atom is 0.136 e. The number of aliphatic hydroxyl groups excluding tert-OH is 1. The SMILES string of the molecule is CC(C)[C@@H](CO)Nc1cc(N2Cc3ccccc3C(C)(C)C2)nc(C2CC2)n1. The first-order valence-electron chi connectivity index (χ1n) is 10.5. The summed E-state index contributed by atoms with van der Waals surface area (Å²) >= 11 is 0. The molecule has 2 aromatic rings. The number of aromatic nitrogens is 2. The molecule has 1 saturated carbocycles. The lowest BCUT2D eigenvalue weighted by Gasteiger charge is -2.40. The van der Waals surface area contributed by atoms with Gasteiger partial charge in [0.2, 0.25) is 0 Å². The summed E-state index contributed by atoms with van der Waals surface area (Å²) in [6.45, 7) is 10.7. The van der Waals surface area contributed by atoms with Crippen LogP contribution in [-0.4, -0.2) is 34.3 Å². The normalized spacial score (nSPS) is 19.4. The Bertz CT molecular complexity index is 844. The Balaban J connectivity index is 1.67. The first kappa shape index (κ1) is 19.2. The Morgan fingerprint density at radius 3 is 2.64 bits per heavy atom. The van der Waals surface area contributed by atoms with Gasteiger partial charge in [-0.05, 0) is 29.9 Å². The molecule has 1 aliphatic heterocycles. The molecule has 0 unspecified atom stereocenters. The highest BCUT2D eigenvalue weighted by molar-refractivity contribution is 5.54. The van der Waals surface area contributed by atoms with E-state index in [9.17, 15) is 5.11 Å². The highest BCUT2D eigenvalue weighted by Crippen LogP contribution is 2.40. The summed E-state index contributed by atoms with van der Waals surface area (Å²) < 4.78 is 0. The van der Waals surface area contributed by atoms with Crippen LogP contribution in [0.5, 0.6) is 0 Å². The number of benzene rings is 1. The van der Waals surface area contributed by atoms with E-state index in [-0.39, 0.29) is 18.1 Å². The molecule has 1 aromatic carbocycles. The second-order valence-electron chi connectivity index (χ2n) is 9.32. The fraction of sp³-hybridized carbons (Fsp3) is 0.565. The minimum absolute atomic E-state index is 0.00618. The van der Waals surface area contributed by atoms with Crippen molar-refractivity contribution in [2.75, 3.05) is 23.4 Å². The molecule has 0 bridgehead atoms. The van der Waals surface area contributed by atoms with E-state index in [2.05, 4.69) is 68.2 Å². The van der Waals surface area contributed by atoms with E-state index < -0.39 is 0 Å². The molecule has 0 amide bonds. The summed E-state index contributed by atoms with van der Waals surface area (Å²) in [6, 6.07) is 10.8. The zero-order chi connectivity index (χ0) is 19.9. The van der Waals surface area contributed by atoms with Crippen molar-refractivity contribution in [3.63, 3.8) is 0 Å². The number of nitrogens with zero attached hydrogens (tertiary/aromatic N) is 3. The van der Waals surface area contributed by atoms with Crippen molar-refractivity contribution >= 4 is 11.6 Å². The van der Waals surface area contributed by atoms with Gasteiger partial charge >= 0.3 is 0 Å². The van der Waals surface area contributed by atoms with Crippen LogP contribution in [0.4, 0.5) is 11.6 Å². The highest BCUT2D eigenvalue weighted by Gasteiger charge is 2.33. The fourth-order valence-electron chi connectivity index (χ4n) is 4.13. The summed E-state index contributed by atoms with van der Waals surface area (Å²) in [5.41, 5.74) is 2.87. The molecule has 150 valence electrons. The van der Waals surface area contributed by atoms with Crippen LogP contribution in [0, 0.1) is 5.92 Å². The average Bonchev–Trinajstić information content (AvgIpc) is 3.50. The van der Waals surface area contributed by atoms with E-state index in [4.69, 9.17) is 9.97 Å². The molecule has 28 heavy (non-hydrogen) atoms. The summed E-state index contributed by atoms with van der Waals surface area (Å²) in [5, 5.41) is 13.2. The van der Waals surface area contributed by atoms with E-state index in [0.717, 1.165) is 30.5 Å². The van der Waals surface area contributed by atoms with Crippen molar-refractivity contribution in [1.82, 2.24) is 9.97 Å². The molecule has 1 aromatic heterocycles. The van der Waals surface area contributed by atoms with Crippen LogP contribution in [-0.2, 0) is 12.0 Å². The molecule has 0 radical (unpaired) electrons. The van der Waals surface area contributed by atoms with Gasteiger partial charge in [-0.25, -0.2) is 9.97 Å². The van der Waals surface area contributed by atoms with Gasteiger partial charge < -0.3 is 15.3 Å². The third-order valence-electron chi connectivity index (χ3n) is 6.02. The topological polar surface area (TPSA) is 61.3 Å². The lowest BCUT2D eigenvalue weighted by atomic mass is 9.78. The molecule has 1 fully saturated rings. The Morgan fingerprint density at radius 2 is 1.96 bits per heavy atom. The Hall–Kier alpha value is -2.14. The highest BCUT2D eigenvalue weighted by atomic mass is 16.3. The van der Waals surface area contributed by atoms with Crippen LogP contribution in [0.3, 0.4) is 0 Å². The zero-order valence-corrected chi connectivity index (χ0v) is 17.4. The maximum absolute atomic E-state index is 9.73. The van der Waals surface area contributed by atoms with Gasteiger partial charge in [-0.2, -0.15) is 0 Å². The van der Waals surface area contributed by atoms with Crippen LogP contribution >= 0.6 is 0 Å². The van der Waals surface area contributed by atoms with Gasteiger partial charge in [0.25, 0.3) is 0 Å². The molecule has 0 saturated heterocycles. The predicted octanol–water partition coefficient (Wildman–Crippen LogP) is 4.08. The van der Waals surface area contributed by atoms with Gasteiger partial charge in [0.05, 0.1) is 12.6 Å². The number of hydrogen-bond donors (Lipinski definition) is 2. The number of nitrogens with one attached hydrogen (secondary N) is 1. The van der Waals surface area contributed by atoms with Crippen LogP contribution in [0.2, 0.25) is 0 Å². The van der Waals surface area contributed by atoms with Crippen LogP contribution in [0.25, 0.3) is 0 Å². The smallest absolute Gasteiger partial charge is 0.136 e. The van der Waals surface area contributed by atoms with Gasteiger partial charge in [-0.3, -0.25) is 0 Å². The third-order valence-corrected chi connectivity index (χ3v) is 6.02. The number of hydrogen-bond acceptors (Lipinski definition) is 5. The van der Waals surface area contributed by atoms with Gasteiger partial charge in [-0.1, -0.05) is 52.0 Å². The molecule has 2 heterocycles. The lowest BCUT2D eigenvalue weighted by Crippen LogP contribution is -2.42. The lowest BCUT2D eigenvalue weighted by molar-refractivity contribution is 0.249. The first-order chi connectivity index (χ1) is 13.4. The quantitative estimate of drug-likeness (QED) is 0.791. The van der Waals surface area contributed by atoms with Gasteiger partial charge in [0.15, 0.2) is 0 Å². The molecule has 5 heteroatoms. The zero-order valence-electron chi connectivity index (χ0n) is 17.4. The van der Waals surface area contributed by atoms with Gasteiger partial charge in [0, 0.05) is 30.5 Å². The van der Waals surface area contributed by atoms with Crippen LogP contribution in [0.15, 0.2) is 30.3 Å². The van der Waals surface area contributed by atoms with Gasteiger partial charge in [0.1, 0.15) is 17.5 Å². The molecular formula is C23H32N4O. The minimum Gasteiger partial charge on any atom is -0.394 e. The van der Waals surface area contributed by atoms with Crippen molar-refractivity contribution in [1.29, 1.82) is 0 Å². The van der Waals surface area contributed by atoms with E-state index in [1.165, 1.54) is 24.0 Å².